The van der Waals surface area contributed by atoms with Gasteiger partial charge in [0.05, 0.1) is 16.6 Å². The third-order valence-electron chi connectivity index (χ3n) is 3.48. The van der Waals surface area contributed by atoms with Crippen LogP contribution in [-0.4, -0.2) is 26.0 Å². The first-order valence-electron chi connectivity index (χ1n) is 6.13. The van der Waals surface area contributed by atoms with Crippen LogP contribution in [0.4, 0.5) is 0 Å². The molecule has 3 N–H and O–H groups in total. The van der Waals surface area contributed by atoms with Gasteiger partial charge in [-0.25, -0.2) is 4.98 Å². The highest BCUT2D eigenvalue weighted by molar-refractivity contribution is 6.24. The van der Waals surface area contributed by atoms with Crippen LogP contribution in [0.2, 0.25) is 0 Å². The number of amidine groups is 1. The number of aliphatic hydroxyl groups is 1. The van der Waals surface area contributed by atoms with Crippen molar-refractivity contribution < 1.29 is 5.11 Å². The molecular formula is C14H16N4O. The van der Waals surface area contributed by atoms with Gasteiger partial charge in [0, 0.05) is 7.05 Å². The summed E-state index contributed by atoms with van der Waals surface area (Å²) < 4.78 is 1.92. The first-order valence-corrected chi connectivity index (χ1v) is 6.13. The van der Waals surface area contributed by atoms with E-state index in [0.717, 1.165) is 11.0 Å². The predicted octanol–water partition coefficient (Wildman–Crippen LogP) is 1.99. The Kier molecular flexibility index (Phi) is 2.23. The first kappa shape index (κ1) is 11.8. The number of rotatable bonds is 1. The minimum atomic E-state index is -0.683. The molecule has 0 amide bonds. The summed E-state index contributed by atoms with van der Waals surface area (Å²) >= 11 is 0. The molecule has 0 spiro atoms. The fourth-order valence-electron chi connectivity index (χ4n) is 2.43. The minimum absolute atomic E-state index is 0.170. The Hall–Kier alpha value is -2.30. The summed E-state index contributed by atoms with van der Waals surface area (Å²) in [6.07, 6.45) is 0. The average molecular weight is 256 g/mol. The van der Waals surface area contributed by atoms with Gasteiger partial charge < -0.3 is 15.4 Å². The summed E-state index contributed by atoms with van der Waals surface area (Å²) in [7, 11) is 1.91. The van der Waals surface area contributed by atoms with Gasteiger partial charge in [-0.2, -0.15) is 0 Å². The molecule has 0 radical (unpaired) electrons. The zero-order chi connectivity index (χ0) is 13.8. The van der Waals surface area contributed by atoms with Crippen molar-refractivity contribution in [3.8, 4) is 0 Å². The fourth-order valence-corrected chi connectivity index (χ4v) is 2.43. The number of nitrogens with two attached hydrogens (primary N) is 1. The molecule has 2 heterocycles. The monoisotopic (exact) mass is 256 g/mol. The molecule has 0 atom stereocenters. The first-order chi connectivity index (χ1) is 8.92. The van der Waals surface area contributed by atoms with Crippen LogP contribution in [0.3, 0.4) is 0 Å². The molecule has 98 valence electrons. The lowest BCUT2D eigenvalue weighted by molar-refractivity contribution is 0.333. The van der Waals surface area contributed by atoms with Crippen molar-refractivity contribution in [1.82, 2.24) is 9.55 Å². The highest BCUT2D eigenvalue weighted by atomic mass is 16.3. The molecule has 1 aliphatic heterocycles. The number of fused-ring (bicyclic) bond motifs is 1. The number of para-hydroxylation sites is 2. The zero-order valence-electron chi connectivity index (χ0n) is 11.2. The van der Waals surface area contributed by atoms with Gasteiger partial charge >= 0.3 is 0 Å². The normalized spacial score (nSPS) is 18.2. The van der Waals surface area contributed by atoms with Gasteiger partial charge in [0.1, 0.15) is 23.0 Å². The van der Waals surface area contributed by atoms with Crippen molar-refractivity contribution in [2.75, 3.05) is 0 Å². The molecule has 5 nitrogen and oxygen atoms in total. The van der Waals surface area contributed by atoms with Crippen molar-refractivity contribution in [2.24, 2.45) is 17.8 Å². The third kappa shape index (κ3) is 1.54. The number of aliphatic imine (C=N–C) groups is 1. The van der Waals surface area contributed by atoms with E-state index in [1.54, 1.807) is 0 Å². The third-order valence-corrected chi connectivity index (χ3v) is 3.48. The maximum absolute atomic E-state index is 10.3. The molecule has 0 unspecified atom stereocenters. The predicted molar refractivity (Wildman–Crippen MR) is 76.0 cm³/mol. The largest absolute Gasteiger partial charge is 0.509 e. The molecule has 0 fully saturated rings. The van der Waals surface area contributed by atoms with Gasteiger partial charge in [-0.1, -0.05) is 12.1 Å². The Balaban J connectivity index is 2.29. The second-order valence-electron chi connectivity index (χ2n) is 5.26. The fraction of sp³-hybridized carbons (Fsp3) is 0.286. The number of hydrogen-bond donors (Lipinski definition) is 2. The van der Waals surface area contributed by atoms with E-state index in [1.165, 1.54) is 0 Å². The number of aryl methyl sites for hydroxylation is 1. The molecule has 2 aromatic rings. The van der Waals surface area contributed by atoms with Gasteiger partial charge in [0.25, 0.3) is 0 Å². The molecule has 0 saturated carbocycles. The SMILES string of the molecule is Cn1c(C2=C(O)C(C)(C)N=C2N)nc2ccccc21. The Bertz CT molecular complexity index is 737. The number of aliphatic hydroxyl groups excluding tert-OH is 1. The number of aromatic nitrogens is 2. The summed E-state index contributed by atoms with van der Waals surface area (Å²) in [6, 6.07) is 7.81. The molecular weight excluding hydrogens is 240 g/mol. The number of hydrogen-bond acceptors (Lipinski definition) is 4. The van der Waals surface area contributed by atoms with E-state index < -0.39 is 5.54 Å². The van der Waals surface area contributed by atoms with Gasteiger partial charge in [-0.05, 0) is 26.0 Å². The lowest BCUT2D eigenvalue weighted by atomic mass is 10.0. The van der Waals surface area contributed by atoms with Crippen LogP contribution in [0, 0.1) is 0 Å². The molecule has 19 heavy (non-hydrogen) atoms. The van der Waals surface area contributed by atoms with Crippen LogP contribution in [-0.2, 0) is 7.05 Å². The van der Waals surface area contributed by atoms with E-state index in [0.29, 0.717) is 17.2 Å². The van der Waals surface area contributed by atoms with Crippen LogP contribution in [0.25, 0.3) is 16.6 Å². The van der Waals surface area contributed by atoms with Crippen LogP contribution in [0.1, 0.15) is 19.7 Å². The van der Waals surface area contributed by atoms with Gasteiger partial charge in [0.15, 0.2) is 0 Å². The Morgan fingerprint density at radius 3 is 2.53 bits per heavy atom. The Morgan fingerprint density at radius 1 is 1.26 bits per heavy atom. The summed E-state index contributed by atoms with van der Waals surface area (Å²) in [5.74, 6) is 1.15. The van der Waals surface area contributed by atoms with E-state index in [2.05, 4.69) is 9.98 Å². The molecule has 1 aliphatic rings. The summed E-state index contributed by atoms with van der Waals surface area (Å²) in [5.41, 5.74) is 7.66. The molecule has 0 aliphatic carbocycles. The minimum Gasteiger partial charge on any atom is -0.509 e. The highest BCUT2D eigenvalue weighted by Crippen LogP contribution is 2.34. The van der Waals surface area contributed by atoms with Gasteiger partial charge in [0.2, 0.25) is 0 Å². The summed E-state index contributed by atoms with van der Waals surface area (Å²) in [6.45, 7) is 3.65. The quantitative estimate of drug-likeness (QED) is 0.819. The lowest BCUT2D eigenvalue weighted by Crippen LogP contribution is -2.17. The van der Waals surface area contributed by atoms with Crippen molar-refractivity contribution >= 4 is 22.4 Å². The lowest BCUT2D eigenvalue weighted by Gasteiger charge is -2.13. The molecule has 0 saturated heterocycles. The zero-order valence-corrected chi connectivity index (χ0v) is 11.2. The van der Waals surface area contributed by atoms with E-state index >= 15 is 0 Å². The van der Waals surface area contributed by atoms with E-state index in [-0.39, 0.29) is 5.76 Å². The second kappa shape index (κ2) is 3.60. The molecule has 1 aromatic heterocycles. The molecule has 3 rings (SSSR count). The number of imidazole rings is 1. The second-order valence-corrected chi connectivity index (χ2v) is 5.26. The maximum Gasteiger partial charge on any atom is 0.148 e. The average Bonchev–Trinajstić information content (AvgIpc) is 2.76. The van der Waals surface area contributed by atoms with Crippen molar-refractivity contribution in [3.63, 3.8) is 0 Å². The van der Waals surface area contributed by atoms with E-state index in [4.69, 9.17) is 5.73 Å². The van der Waals surface area contributed by atoms with E-state index in [1.807, 2.05) is 49.7 Å². The highest BCUT2D eigenvalue weighted by Gasteiger charge is 2.36. The number of nitrogens with zero attached hydrogens (tertiary/aromatic N) is 3. The van der Waals surface area contributed by atoms with Crippen LogP contribution >= 0.6 is 0 Å². The molecule has 1 aromatic carbocycles. The topological polar surface area (TPSA) is 76.4 Å². The Labute approximate surface area is 111 Å². The van der Waals surface area contributed by atoms with Crippen LogP contribution in [0.5, 0.6) is 0 Å². The molecule has 0 bridgehead atoms. The van der Waals surface area contributed by atoms with Gasteiger partial charge in [-0.3, -0.25) is 4.99 Å². The van der Waals surface area contributed by atoms with E-state index in [9.17, 15) is 5.11 Å². The van der Waals surface area contributed by atoms with Crippen molar-refractivity contribution in [1.29, 1.82) is 0 Å². The number of benzene rings is 1. The van der Waals surface area contributed by atoms with Crippen LogP contribution in [0.15, 0.2) is 35.0 Å². The summed E-state index contributed by atoms with van der Waals surface area (Å²) in [4.78, 5) is 8.83. The molecule has 5 heteroatoms. The Morgan fingerprint density at radius 2 is 1.95 bits per heavy atom. The van der Waals surface area contributed by atoms with Crippen molar-refractivity contribution in [3.05, 3.63) is 35.8 Å². The summed E-state index contributed by atoms with van der Waals surface area (Å²) in [5, 5.41) is 10.3. The standard InChI is InChI=1S/C14H16N4O/c1-14(2)11(19)10(12(15)17-14)13-16-8-6-4-5-7-9(8)18(13)3/h4-7,19H,1-3H3,(H2,15,17). The smallest absolute Gasteiger partial charge is 0.148 e. The van der Waals surface area contributed by atoms with Gasteiger partial charge in [-0.15, -0.1) is 0 Å². The van der Waals surface area contributed by atoms with Crippen molar-refractivity contribution in [2.45, 2.75) is 19.4 Å². The maximum atomic E-state index is 10.3. The van der Waals surface area contributed by atoms with Crippen LogP contribution < -0.4 is 5.73 Å².